The summed E-state index contributed by atoms with van der Waals surface area (Å²) in [6.45, 7) is 3.98. The molecule has 1 amide bonds. The van der Waals surface area contributed by atoms with Crippen LogP contribution in [0.3, 0.4) is 0 Å². The van der Waals surface area contributed by atoms with Crippen LogP contribution < -0.4 is 15.2 Å². The van der Waals surface area contributed by atoms with Gasteiger partial charge in [0.2, 0.25) is 5.91 Å². The number of rotatable bonds is 6. The minimum atomic E-state index is 0.169. The van der Waals surface area contributed by atoms with Gasteiger partial charge >= 0.3 is 0 Å². The number of carbonyl (C=O) groups is 1. The van der Waals surface area contributed by atoms with Crippen molar-refractivity contribution in [3.8, 4) is 11.5 Å². The van der Waals surface area contributed by atoms with Crippen LogP contribution in [0, 0.1) is 6.92 Å². The third-order valence-corrected chi connectivity index (χ3v) is 5.94. The van der Waals surface area contributed by atoms with Crippen molar-refractivity contribution in [3.05, 3.63) is 41.9 Å². The number of ether oxygens (including phenoxy) is 2. The number of amides is 1. The molecule has 2 aromatic heterocycles. The molecule has 1 aromatic carbocycles. The van der Waals surface area contributed by atoms with Gasteiger partial charge in [0, 0.05) is 49.6 Å². The van der Waals surface area contributed by atoms with E-state index in [0.29, 0.717) is 43.2 Å². The van der Waals surface area contributed by atoms with Crippen molar-refractivity contribution in [2.45, 2.75) is 38.6 Å². The molecule has 0 radical (unpaired) electrons. The maximum Gasteiger partial charge on any atom is 0.224 e. The molecule has 1 fully saturated rings. The van der Waals surface area contributed by atoms with Gasteiger partial charge in [0.1, 0.15) is 0 Å². The zero-order valence-corrected chi connectivity index (χ0v) is 18.3. The summed E-state index contributed by atoms with van der Waals surface area (Å²) in [5.41, 5.74) is 9.74. The summed E-state index contributed by atoms with van der Waals surface area (Å²) >= 11 is 0. The fourth-order valence-corrected chi connectivity index (χ4v) is 4.22. The molecule has 8 heteroatoms. The highest BCUT2D eigenvalue weighted by atomic mass is 16.5. The standard InChI is InChI=1S/C23H29N5O3/c1-15-4-10-28(26-15)11-7-22(29)27-8-5-16(6-9-27)23-18(24)12-17-13-20(30-2)21(31-3)14-19(17)25-23/h4,10,12-14,16H,5-9,11,24H2,1-3H3. The van der Waals surface area contributed by atoms with Crippen LogP contribution >= 0.6 is 0 Å². The molecule has 0 aliphatic carbocycles. The third-order valence-electron chi connectivity index (χ3n) is 5.94. The van der Waals surface area contributed by atoms with Gasteiger partial charge < -0.3 is 20.1 Å². The molecule has 1 aliphatic heterocycles. The summed E-state index contributed by atoms with van der Waals surface area (Å²) < 4.78 is 12.6. The number of likely N-dealkylation sites (tertiary alicyclic amines) is 1. The Labute approximate surface area is 181 Å². The third kappa shape index (κ3) is 4.42. The predicted molar refractivity (Wildman–Crippen MR) is 119 cm³/mol. The average Bonchev–Trinajstić information content (AvgIpc) is 3.21. The Morgan fingerprint density at radius 2 is 1.87 bits per heavy atom. The highest BCUT2D eigenvalue weighted by Gasteiger charge is 2.26. The van der Waals surface area contributed by atoms with Crippen LogP contribution in [-0.4, -0.2) is 52.9 Å². The second kappa shape index (κ2) is 8.83. The first-order valence-corrected chi connectivity index (χ1v) is 10.6. The molecule has 4 rings (SSSR count). The summed E-state index contributed by atoms with van der Waals surface area (Å²) in [7, 11) is 3.22. The number of nitrogens with two attached hydrogens (primary N) is 1. The first kappa shape index (κ1) is 21.0. The van der Waals surface area contributed by atoms with E-state index in [4.69, 9.17) is 20.2 Å². The fraction of sp³-hybridized carbons (Fsp3) is 0.435. The zero-order chi connectivity index (χ0) is 22.0. The number of benzene rings is 1. The Hall–Kier alpha value is -3.29. The molecule has 0 bridgehead atoms. The number of anilines is 1. The number of hydrogen-bond donors (Lipinski definition) is 1. The first-order valence-electron chi connectivity index (χ1n) is 10.6. The van der Waals surface area contributed by atoms with Crippen LogP contribution in [0.25, 0.3) is 10.9 Å². The number of fused-ring (bicyclic) bond motifs is 1. The number of nitrogen functional groups attached to an aromatic ring is 1. The molecular formula is C23H29N5O3. The molecular weight excluding hydrogens is 394 g/mol. The summed E-state index contributed by atoms with van der Waals surface area (Å²) in [6.07, 6.45) is 4.07. The number of carbonyl (C=O) groups excluding carboxylic acids is 1. The molecule has 8 nitrogen and oxygen atoms in total. The number of nitrogens with zero attached hydrogens (tertiary/aromatic N) is 4. The van der Waals surface area contributed by atoms with Crippen molar-refractivity contribution in [2.75, 3.05) is 33.0 Å². The molecule has 1 aliphatic rings. The van der Waals surface area contributed by atoms with E-state index >= 15 is 0 Å². The van der Waals surface area contributed by atoms with Crippen LogP contribution in [-0.2, 0) is 11.3 Å². The van der Waals surface area contributed by atoms with Crippen molar-refractivity contribution in [2.24, 2.45) is 0 Å². The van der Waals surface area contributed by atoms with Gasteiger partial charge in [0.05, 0.1) is 36.8 Å². The van der Waals surface area contributed by atoms with Crippen LogP contribution in [0.2, 0.25) is 0 Å². The zero-order valence-electron chi connectivity index (χ0n) is 18.3. The summed E-state index contributed by atoms with van der Waals surface area (Å²) in [4.78, 5) is 19.4. The molecule has 0 spiro atoms. The topological polar surface area (TPSA) is 95.5 Å². The SMILES string of the molecule is COc1cc2cc(N)c(C3CCN(C(=O)CCn4ccc(C)n4)CC3)nc2cc1OC. The van der Waals surface area contributed by atoms with E-state index in [1.165, 1.54) is 0 Å². The van der Waals surface area contributed by atoms with Gasteiger partial charge in [-0.05, 0) is 38.0 Å². The molecule has 0 unspecified atom stereocenters. The number of aryl methyl sites for hydroxylation is 2. The van der Waals surface area contributed by atoms with E-state index in [9.17, 15) is 4.79 Å². The second-order valence-corrected chi connectivity index (χ2v) is 7.99. The monoisotopic (exact) mass is 423 g/mol. The minimum Gasteiger partial charge on any atom is -0.493 e. The van der Waals surface area contributed by atoms with Crippen molar-refractivity contribution in [1.82, 2.24) is 19.7 Å². The molecule has 31 heavy (non-hydrogen) atoms. The summed E-state index contributed by atoms with van der Waals surface area (Å²) in [5, 5.41) is 5.26. The van der Waals surface area contributed by atoms with Gasteiger partial charge in [-0.25, -0.2) is 0 Å². The molecule has 3 heterocycles. The summed E-state index contributed by atoms with van der Waals surface area (Å²) in [6, 6.07) is 7.67. The largest absolute Gasteiger partial charge is 0.493 e. The lowest BCUT2D eigenvalue weighted by molar-refractivity contribution is -0.132. The van der Waals surface area contributed by atoms with E-state index in [0.717, 1.165) is 35.1 Å². The number of piperidine rings is 1. The normalized spacial score (nSPS) is 14.7. The quantitative estimate of drug-likeness (QED) is 0.654. The van der Waals surface area contributed by atoms with Gasteiger partial charge in [-0.3, -0.25) is 14.5 Å². The lowest BCUT2D eigenvalue weighted by atomic mass is 9.91. The molecule has 0 saturated carbocycles. The first-order chi connectivity index (χ1) is 15.0. The Bertz CT molecular complexity index is 1090. The molecule has 2 N–H and O–H groups in total. The van der Waals surface area contributed by atoms with E-state index in [-0.39, 0.29) is 11.8 Å². The predicted octanol–water partition coefficient (Wildman–Crippen LogP) is 3.14. The van der Waals surface area contributed by atoms with Crippen LogP contribution in [0.15, 0.2) is 30.5 Å². The second-order valence-electron chi connectivity index (χ2n) is 7.99. The van der Waals surface area contributed by atoms with Crippen molar-refractivity contribution in [1.29, 1.82) is 0 Å². The maximum atomic E-state index is 12.6. The highest BCUT2D eigenvalue weighted by molar-refractivity contribution is 5.86. The average molecular weight is 424 g/mol. The number of pyridine rings is 1. The van der Waals surface area contributed by atoms with E-state index in [2.05, 4.69) is 5.10 Å². The van der Waals surface area contributed by atoms with Crippen LogP contribution in [0.5, 0.6) is 11.5 Å². The van der Waals surface area contributed by atoms with Crippen LogP contribution in [0.4, 0.5) is 5.69 Å². The van der Waals surface area contributed by atoms with Crippen LogP contribution in [0.1, 0.15) is 36.6 Å². The van der Waals surface area contributed by atoms with Gasteiger partial charge in [0.15, 0.2) is 11.5 Å². The number of aromatic nitrogens is 3. The Kier molecular flexibility index (Phi) is 5.97. The van der Waals surface area contributed by atoms with E-state index in [1.807, 2.05) is 47.0 Å². The lowest BCUT2D eigenvalue weighted by Gasteiger charge is -2.32. The summed E-state index contributed by atoms with van der Waals surface area (Å²) in [5.74, 6) is 1.70. The Morgan fingerprint density at radius 3 is 2.52 bits per heavy atom. The number of methoxy groups -OCH3 is 2. The van der Waals surface area contributed by atoms with Gasteiger partial charge in [-0.2, -0.15) is 5.10 Å². The fourth-order valence-electron chi connectivity index (χ4n) is 4.22. The lowest BCUT2D eigenvalue weighted by Crippen LogP contribution is -2.38. The Balaban J connectivity index is 1.43. The molecule has 0 atom stereocenters. The van der Waals surface area contributed by atoms with Crippen molar-refractivity contribution in [3.63, 3.8) is 0 Å². The smallest absolute Gasteiger partial charge is 0.224 e. The molecule has 3 aromatic rings. The van der Waals surface area contributed by atoms with Crippen molar-refractivity contribution < 1.29 is 14.3 Å². The van der Waals surface area contributed by atoms with E-state index in [1.54, 1.807) is 14.2 Å². The highest BCUT2D eigenvalue weighted by Crippen LogP contribution is 2.36. The van der Waals surface area contributed by atoms with Gasteiger partial charge in [-0.15, -0.1) is 0 Å². The maximum absolute atomic E-state index is 12.6. The van der Waals surface area contributed by atoms with Crippen molar-refractivity contribution >= 4 is 22.5 Å². The Morgan fingerprint density at radius 1 is 1.16 bits per heavy atom. The molecule has 164 valence electrons. The minimum absolute atomic E-state index is 0.169. The molecule has 1 saturated heterocycles. The van der Waals surface area contributed by atoms with Gasteiger partial charge in [0.25, 0.3) is 0 Å². The van der Waals surface area contributed by atoms with Gasteiger partial charge in [-0.1, -0.05) is 0 Å². The van der Waals surface area contributed by atoms with E-state index < -0.39 is 0 Å². The number of hydrogen-bond acceptors (Lipinski definition) is 6.